The summed E-state index contributed by atoms with van der Waals surface area (Å²) in [4.78, 5) is 20.9. The average molecular weight is 403 g/mol. The SMILES string of the molecule is O=C(COc1ccccc1)Oc1cccc(Nc2nc(-c3ccccn3)cs2)c1. The molecule has 4 aromatic rings. The number of esters is 1. The standard InChI is InChI=1S/C22H17N3O3S/c26-21(14-27-17-8-2-1-3-9-17)28-18-10-6-7-16(13-18)24-22-25-20(15-29-22)19-11-4-5-12-23-19/h1-13,15H,14H2,(H,24,25). The molecule has 0 radical (unpaired) electrons. The van der Waals surface area contributed by atoms with Gasteiger partial charge in [-0.2, -0.15) is 0 Å². The van der Waals surface area contributed by atoms with Crippen molar-refractivity contribution in [2.75, 3.05) is 11.9 Å². The van der Waals surface area contributed by atoms with Crippen molar-refractivity contribution in [2.45, 2.75) is 0 Å². The van der Waals surface area contributed by atoms with Gasteiger partial charge in [-0.3, -0.25) is 4.98 Å². The molecule has 0 saturated heterocycles. The summed E-state index contributed by atoms with van der Waals surface area (Å²) in [5.74, 6) is 0.572. The van der Waals surface area contributed by atoms with E-state index in [2.05, 4.69) is 15.3 Å². The van der Waals surface area contributed by atoms with Crippen LogP contribution in [0.5, 0.6) is 11.5 Å². The van der Waals surface area contributed by atoms with Gasteiger partial charge in [0.1, 0.15) is 17.2 Å². The van der Waals surface area contributed by atoms with Crippen molar-refractivity contribution in [2.24, 2.45) is 0 Å². The van der Waals surface area contributed by atoms with E-state index in [-0.39, 0.29) is 6.61 Å². The number of hydrogen-bond acceptors (Lipinski definition) is 7. The van der Waals surface area contributed by atoms with Crippen LogP contribution < -0.4 is 14.8 Å². The maximum atomic E-state index is 12.0. The van der Waals surface area contributed by atoms with Gasteiger partial charge in [0.05, 0.1) is 5.69 Å². The molecule has 0 aliphatic heterocycles. The number of pyridine rings is 1. The van der Waals surface area contributed by atoms with E-state index in [1.807, 2.05) is 47.8 Å². The molecule has 0 amide bonds. The van der Waals surface area contributed by atoms with Gasteiger partial charge in [0.2, 0.25) is 0 Å². The molecular weight excluding hydrogens is 386 g/mol. The summed E-state index contributed by atoms with van der Waals surface area (Å²) in [5, 5.41) is 5.89. The van der Waals surface area contributed by atoms with E-state index < -0.39 is 5.97 Å². The number of thiazole rings is 1. The third-order valence-corrected chi connectivity index (χ3v) is 4.61. The molecule has 144 valence electrons. The molecule has 7 heteroatoms. The van der Waals surface area contributed by atoms with E-state index in [4.69, 9.17) is 9.47 Å². The number of aromatic nitrogens is 2. The molecule has 0 saturated carbocycles. The molecule has 2 heterocycles. The Labute approximate surface area is 171 Å². The zero-order valence-corrected chi connectivity index (χ0v) is 16.1. The lowest BCUT2D eigenvalue weighted by atomic mass is 10.3. The minimum atomic E-state index is -0.474. The van der Waals surface area contributed by atoms with Crippen LogP contribution in [0.3, 0.4) is 0 Å². The van der Waals surface area contributed by atoms with Crippen LogP contribution >= 0.6 is 11.3 Å². The number of para-hydroxylation sites is 1. The highest BCUT2D eigenvalue weighted by Crippen LogP contribution is 2.27. The fourth-order valence-corrected chi connectivity index (χ4v) is 3.27. The summed E-state index contributed by atoms with van der Waals surface area (Å²) in [5.41, 5.74) is 2.39. The lowest BCUT2D eigenvalue weighted by Gasteiger charge is -2.08. The third kappa shape index (κ3) is 5.18. The number of rotatable bonds is 7. The van der Waals surface area contributed by atoms with Gasteiger partial charge in [0.25, 0.3) is 0 Å². The van der Waals surface area contributed by atoms with Crippen molar-refractivity contribution in [1.29, 1.82) is 0 Å². The van der Waals surface area contributed by atoms with Crippen LogP contribution in [-0.2, 0) is 4.79 Å². The van der Waals surface area contributed by atoms with Gasteiger partial charge in [-0.15, -0.1) is 11.3 Å². The number of benzene rings is 2. The molecular formula is C22H17N3O3S. The second-order valence-corrected chi connectivity index (χ2v) is 6.84. The molecule has 0 fully saturated rings. The van der Waals surface area contributed by atoms with E-state index in [9.17, 15) is 4.79 Å². The minimum absolute atomic E-state index is 0.165. The van der Waals surface area contributed by atoms with Crippen LogP contribution in [0.15, 0.2) is 84.4 Å². The number of ether oxygens (including phenoxy) is 2. The first-order chi connectivity index (χ1) is 14.3. The largest absolute Gasteiger partial charge is 0.482 e. The molecule has 2 aromatic heterocycles. The van der Waals surface area contributed by atoms with Crippen molar-refractivity contribution < 1.29 is 14.3 Å². The molecule has 0 aliphatic rings. The summed E-state index contributed by atoms with van der Waals surface area (Å²) in [7, 11) is 0. The molecule has 0 aliphatic carbocycles. The number of nitrogens with one attached hydrogen (secondary N) is 1. The summed E-state index contributed by atoms with van der Waals surface area (Å²) < 4.78 is 10.8. The monoisotopic (exact) mass is 403 g/mol. The van der Waals surface area contributed by atoms with Crippen molar-refractivity contribution in [3.63, 3.8) is 0 Å². The Hall–Kier alpha value is -3.71. The second-order valence-electron chi connectivity index (χ2n) is 5.98. The summed E-state index contributed by atoms with van der Waals surface area (Å²) >= 11 is 1.47. The Morgan fingerprint density at radius 2 is 1.76 bits per heavy atom. The van der Waals surface area contributed by atoms with Crippen LogP contribution in [0.2, 0.25) is 0 Å². The van der Waals surface area contributed by atoms with Crippen LogP contribution in [0.25, 0.3) is 11.4 Å². The highest BCUT2D eigenvalue weighted by Gasteiger charge is 2.09. The van der Waals surface area contributed by atoms with Crippen molar-refractivity contribution in [3.8, 4) is 22.9 Å². The first-order valence-corrected chi connectivity index (χ1v) is 9.77. The van der Waals surface area contributed by atoms with Crippen LogP contribution in [-0.4, -0.2) is 22.5 Å². The summed E-state index contributed by atoms with van der Waals surface area (Å²) in [6.45, 7) is -0.165. The molecule has 0 spiro atoms. The van der Waals surface area contributed by atoms with Crippen molar-refractivity contribution >= 4 is 28.1 Å². The fraction of sp³-hybridized carbons (Fsp3) is 0.0455. The van der Waals surface area contributed by atoms with Gasteiger partial charge in [0, 0.05) is 23.3 Å². The summed E-state index contributed by atoms with van der Waals surface area (Å²) in [6, 6.07) is 22.0. The van der Waals surface area contributed by atoms with Crippen LogP contribution in [0.1, 0.15) is 0 Å². The first-order valence-electron chi connectivity index (χ1n) is 8.89. The predicted molar refractivity (Wildman–Crippen MR) is 113 cm³/mol. The molecule has 2 aromatic carbocycles. The predicted octanol–water partition coefficient (Wildman–Crippen LogP) is 4.93. The molecule has 0 unspecified atom stereocenters. The van der Waals surface area contributed by atoms with E-state index in [1.54, 1.807) is 36.5 Å². The highest BCUT2D eigenvalue weighted by atomic mass is 32.1. The van der Waals surface area contributed by atoms with Gasteiger partial charge in [0.15, 0.2) is 11.7 Å². The number of anilines is 2. The third-order valence-electron chi connectivity index (χ3n) is 3.85. The van der Waals surface area contributed by atoms with Gasteiger partial charge in [-0.25, -0.2) is 9.78 Å². The van der Waals surface area contributed by atoms with Crippen molar-refractivity contribution in [3.05, 3.63) is 84.4 Å². The Bertz CT molecular complexity index is 1080. The van der Waals surface area contributed by atoms with Crippen LogP contribution in [0, 0.1) is 0 Å². The highest BCUT2D eigenvalue weighted by molar-refractivity contribution is 7.14. The second kappa shape index (κ2) is 8.99. The Morgan fingerprint density at radius 1 is 0.931 bits per heavy atom. The molecule has 4 rings (SSSR count). The quantitative estimate of drug-likeness (QED) is 0.348. The lowest BCUT2D eigenvalue weighted by Crippen LogP contribution is -2.17. The van der Waals surface area contributed by atoms with Gasteiger partial charge < -0.3 is 14.8 Å². The van der Waals surface area contributed by atoms with E-state index in [0.717, 1.165) is 22.2 Å². The van der Waals surface area contributed by atoms with Gasteiger partial charge in [-0.1, -0.05) is 30.3 Å². The molecule has 29 heavy (non-hydrogen) atoms. The number of hydrogen-bond donors (Lipinski definition) is 1. The van der Waals surface area contributed by atoms with Gasteiger partial charge in [-0.05, 0) is 36.4 Å². The molecule has 6 nitrogen and oxygen atoms in total. The summed E-state index contributed by atoms with van der Waals surface area (Å²) in [6.07, 6.45) is 1.74. The van der Waals surface area contributed by atoms with E-state index >= 15 is 0 Å². The van der Waals surface area contributed by atoms with E-state index in [0.29, 0.717) is 11.5 Å². The topological polar surface area (TPSA) is 73.3 Å². The maximum Gasteiger partial charge on any atom is 0.349 e. The zero-order chi connectivity index (χ0) is 19.9. The molecule has 1 N–H and O–H groups in total. The molecule has 0 atom stereocenters. The Morgan fingerprint density at radius 3 is 2.59 bits per heavy atom. The Kier molecular flexibility index (Phi) is 5.78. The zero-order valence-electron chi connectivity index (χ0n) is 15.3. The van der Waals surface area contributed by atoms with E-state index in [1.165, 1.54) is 11.3 Å². The Balaban J connectivity index is 1.36. The minimum Gasteiger partial charge on any atom is -0.482 e. The average Bonchev–Trinajstić information content (AvgIpc) is 3.22. The number of nitrogens with zero attached hydrogens (tertiary/aromatic N) is 2. The molecule has 0 bridgehead atoms. The number of carbonyl (C=O) groups is 1. The lowest BCUT2D eigenvalue weighted by molar-refractivity contribution is -0.136. The normalized spacial score (nSPS) is 10.3. The fourth-order valence-electron chi connectivity index (χ4n) is 2.54. The number of carbonyl (C=O) groups excluding carboxylic acids is 1. The smallest absolute Gasteiger partial charge is 0.349 e. The van der Waals surface area contributed by atoms with Gasteiger partial charge >= 0.3 is 5.97 Å². The van der Waals surface area contributed by atoms with Crippen molar-refractivity contribution in [1.82, 2.24) is 9.97 Å². The first kappa shape index (κ1) is 18.6. The van der Waals surface area contributed by atoms with Crippen LogP contribution in [0.4, 0.5) is 10.8 Å². The maximum absolute atomic E-state index is 12.0.